The third-order valence-corrected chi connectivity index (χ3v) is 6.02. The van der Waals surface area contributed by atoms with Gasteiger partial charge in [0.2, 0.25) is 0 Å². The van der Waals surface area contributed by atoms with E-state index in [0.717, 1.165) is 0 Å². The third kappa shape index (κ3) is 1.04. The summed E-state index contributed by atoms with van der Waals surface area (Å²) in [6.45, 7) is 4.47. The van der Waals surface area contributed by atoms with Gasteiger partial charge in [-0.1, -0.05) is 30.9 Å². The Morgan fingerprint density at radius 3 is 2.50 bits per heavy atom. The maximum Gasteiger partial charge on any atom is 0.00329 e. The van der Waals surface area contributed by atoms with E-state index in [1.165, 1.54) is 6.16 Å². The summed E-state index contributed by atoms with van der Waals surface area (Å²) in [6.07, 6.45) is 5.66. The Labute approximate surface area is 56.0 Å². The van der Waals surface area contributed by atoms with Crippen LogP contribution in [-0.2, 0) is 11.8 Å². The molecule has 1 aliphatic heterocycles. The summed E-state index contributed by atoms with van der Waals surface area (Å²) in [4.78, 5) is 0. The summed E-state index contributed by atoms with van der Waals surface area (Å²) < 4.78 is 0. The normalized spacial score (nSPS) is 45.5. The van der Waals surface area contributed by atoms with Gasteiger partial charge in [-0.15, -0.1) is 0 Å². The molecule has 0 aromatic heterocycles. The Kier molecular flexibility index (Phi) is 1.60. The molecule has 0 unspecified atom stereocenters. The van der Waals surface area contributed by atoms with Gasteiger partial charge < -0.3 is 0 Å². The lowest BCUT2D eigenvalue weighted by Gasteiger charge is -2.12. The van der Waals surface area contributed by atoms with Crippen molar-refractivity contribution in [3.05, 3.63) is 12.2 Å². The highest BCUT2D eigenvalue weighted by Crippen LogP contribution is 2.51. The minimum absolute atomic E-state index is 0.706. The van der Waals surface area contributed by atoms with Crippen molar-refractivity contribution in [1.29, 1.82) is 0 Å². The lowest BCUT2D eigenvalue weighted by molar-refractivity contribution is 1.24. The maximum absolute atomic E-state index is 5.38. The van der Waals surface area contributed by atoms with Crippen molar-refractivity contribution >= 4 is 17.8 Å². The fraction of sp³-hybridized carbons (Fsp3) is 0.667. The van der Waals surface area contributed by atoms with Gasteiger partial charge >= 0.3 is 0 Å². The lowest BCUT2D eigenvalue weighted by atomic mass is 10.4. The Hall–Kier alpha value is 0.390. The molecule has 0 fully saturated rings. The number of hydrogen-bond donors (Lipinski definition) is 0. The SMILES string of the molecule is C[C@@H]1C=CC[P@@]1(C)=S. The molecule has 0 spiro atoms. The molecule has 0 nitrogen and oxygen atoms in total. The summed E-state index contributed by atoms with van der Waals surface area (Å²) in [5.74, 6) is 0. The molecule has 0 saturated carbocycles. The van der Waals surface area contributed by atoms with Crippen molar-refractivity contribution < 1.29 is 0 Å². The second kappa shape index (κ2) is 1.97. The molecule has 0 saturated heterocycles. The number of rotatable bonds is 0. The van der Waals surface area contributed by atoms with Gasteiger partial charge in [-0.2, -0.15) is 0 Å². The van der Waals surface area contributed by atoms with Crippen LogP contribution < -0.4 is 0 Å². The summed E-state index contributed by atoms with van der Waals surface area (Å²) in [6, 6.07) is -0.912. The van der Waals surface area contributed by atoms with E-state index in [-0.39, 0.29) is 0 Å². The van der Waals surface area contributed by atoms with E-state index in [1.54, 1.807) is 0 Å². The van der Waals surface area contributed by atoms with Crippen LogP contribution in [0.15, 0.2) is 12.2 Å². The Bertz CT molecular complexity index is 160. The molecule has 0 radical (unpaired) electrons. The van der Waals surface area contributed by atoms with Crippen LogP contribution in [-0.4, -0.2) is 18.5 Å². The van der Waals surface area contributed by atoms with Crippen molar-refractivity contribution in [2.75, 3.05) is 12.8 Å². The highest BCUT2D eigenvalue weighted by Gasteiger charge is 2.19. The molecule has 8 heavy (non-hydrogen) atoms. The second-order valence-corrected chi connectivity index (χ2v) is 8.56. The van der Waals surface area contributed by atoms with Gasteiger partial charge in [-0.05, 0) is 18.9 Å². The van der Waals surface area contributed by atoms with Crippen LogP contribution in [0.4, 0.5) is 0 Å². The van der Waals surface area contributed by atoms with Crippen LogP contribution >= 0.6 is 6.04 Å². The first kappa shape index (κ1) is 6.51. The van der Waals surface area contributed by atoms with Gasteiger partial charge in [0.15, 0.2) is 0 Å². The smallest absolute Gasteiger partial charge is 0.00329 e. The molecular formula is C6H11PS. The summed E-state index contributed by atoms with van der Waals surface area (Å²) in [5, 5.41) is 0. The van der Waals surface area contributed by atoms with Gasteiger partial charge in [-0.25, -0.2) is 0 Å². The van der Waals surface area contributed by atoms with Crippen LogP contribution in [0, 0.1) is 0 Å². The van der Waals surface area contributed by atoms with Gasteiger partial charge in [-0.3, -0.25) is 0 Å². The summed E-state index contributed by atoms with van der Waals surface area (Å²) >= 11 is 5.38. The van der Waals surface area contributed by atoms with Gasteiger partial charge in [0.25, 0.3) is 0 Å². The summed E-state index contributed by atoms with van der Waals surface area (Å²) in [5.41, 5.74) is 0.706. The molecule has 46 valence electrons. The second-order valence-electron chi connectivity index (χ2n) is 2.53. The molecule has 2 heteroatoms. The number of hydrogen-bond acceptors (Lipinski definition) is 1. The van der Waals surface area contributed by atoms with Gasteiger partial charge in [0, 0.05) is 5.66 Å². The molecule has 0 N–H and O–H groups in total. The van der Waals surface area contributed by atoms with Crippen molar-refractivity contribution in [1.82, 2.24) is 0 Å². The van der Waals surface area contributed by atoms with E-state index in [1.807, 2.05) is 0 Å². The summed E-state index contributed by atoms with van der Waals surface area (Å²) in [7, 11) is 0. The average molecular weight is 146 g/mol. The molecule has 0 aliphatic carbocycles. The van der Waals surface area contributed by atoms with E-state index in [2.05, 4.69) is 25.7 Å². The van der Waals surface area contributed by atoms with Crippen molar-refractivity contribution in [2.45, 2.75) is 12.6 Å². The molecule has 0 amide bonds. The zero-order valence-electron chi connectivity index (χ0n) is 5.29. The monoisotopic (exact) mass is 146 g/mol. The van der Waals surface area contributed by atoms with Gasteiger partial charge in [0.05, 0.1) is 0 Å². The average Bonchev–Trinajstić information content (AvgIpc) is 1.86. The zero-order chi connectivity index (χ0) is 6.20. The first-order valence-electron chi connectivity index (χ1n) is 2.86. The maximum atomic E-state index is 5.38. The van der Waals surface area contributed by atoms with Crippen molar-refractivity contribution in [2.24, 2.45) is 0 Å². The Balaban J connectivity index is 2.79. The van der Waals surface area contributed by atoms with Crippen molar-refractivity contribution in [3.63, 3.8) is 0 Å². The predicted octanol–water partition coefficient (Wildman–Crippen LogP) is 2.05. The number of allylic oxidation sites excluding steroid dienone is 2. The van der Waals surface area contributed by atoms with Gasteiger partial charge in [0.1, 0.15) is 0 Å². The van der Waals surface area contributed by atoms with Crippen LogP contribution in [0.2, 0.25) is 0 Å². The standard InChI is InChI=1S/C6H11PS/c1-6-4-3-5-7(6,2)8/h3-4,6H,5H2,1-2H3/t6-,7-/m1/s1. The topological polar surface area (TPSA) is 0 Å². The van der Waals surface area contributed by atoms with E-state index in [4.69, 9.17) is 11.8 Å². The van der Waals surface area contributed by atoms with E-state index in [0.29, 0.717) is 5.66 Å². The molecule has 0 aromatic rings. The van der Waals surface area contributed by atoms with Crippen LogP contribution in [0.5, 0.6) is 0 Å². The highest BCUT2D eigenvalue weighted by atomic mass is 32.4. The lowest BCUT2D eigenvalue weighted by Crippen LogP contribution is -1.92. The van der Waals surface area contributed by atoms with Crippen LogP contribution in [0.1, 0.15) is 6.92 Å². The van der Waals surface area contributed by atoms with E-state index in [9.17, 15) is 0 Å². The van der Waals surface area contributed by atoms with E-state index < -0.39 is 6.04 Å². The van der Waals surface area contributed by atoms with E-state index >= 15 is 0 Å². The molecule has 2 atom stereocenters. The molecule has 1 rings (SSSR count). The van der Waals surface area contributed by atoms with Crippen LogP contribution in [0.25, 0.3) is 0 Å². The minimum Gasteiger partial charge on any atom is -0.0969 e. The largest absolute Gasteiger partial charge is 0.0969 e. The molecule has 1 heterocycles. The zero-order valence-corrected chi connectivity index (χ0v) is 7.01. The quantitative estimate of drug-likeness (QED) is 0.372. The molecule has 1 aliphatic rings. The first-order chi connectivity index (χ1) is 3.63. The van der Waals surface area contributed by atoms with Crippen molar-refractivity contribution in [3.8, 4) is 0 Å². The van der Waals surface area contributed by atoms with Crippen LogP contribution in [0.3, 0.4) is 0 Å². The highest BCUT2D eigenvalue weighted by molar-refractivity contribution is 8.14. The fourth-order valence-corrected chi connectivity index (χ4v) is 2.64. The Morgan fingerprint density at radius 2 is 2.38 bits per heavy atom. The first-order valence-corrected chi connectivity index (χ1v) is 6.36. The molecule has 0 bridgehead atoms. The fourth-order valence-electron chi connectivity index (χ4n) is 0.815. The minimum atomic E-state index is -0.912. The molecular weight excluding hydrogens is 135 g/mol. The third-order valence-electron chi connectivity index (χ3n) is 1.74. The predicted molar refractivity (Wildman–Crippen MR) is 43.7 cm³/mol. The molecule has 0 aromatic carbocycles. The Morgan fingerprint density at radius 1 is 1.75 bits per heavy atom.